The van der Waals surface area contributed by atoms with Crippen LogP contribution in [-0.4, -0.2) is 6.61 Å². The molecule has 0 bridgehead atoms. The van der Waals surface area contributed by atoms with Crippen LogP contribution in [0.5, 0.6) is 5.75 Å². The fourth-order valence-electron chi connectivity index (χ4n) is 5.11. The fourth-order valence-corrected chi connectivity index (χ4v) is 5.11. The third kappa shape index (κ3) is 5.59. The molecule has 0 aromatic heterocycles. The van der Waals surface area contributed by atoms with E-state index in [1.165, 1.54) is 63.4 Å². The van der Waals surface area contributed by atoms with Gasteiger partial charge in [-0.15, -0.1) is 0 Å². The Bertz CT molecular complexity index is 600. The number of halogens is 1. The van der Waals surface area contributed by atoms with E-state index < -0.39 is 0 Å². The molecule has 0 amide bonds. The third-order valence-corrected chi connectivity index (χ3v) is 6.85. The molecule has 150 valence electrons. The molecule has 0 radical (unpaired) electrons. The van der Waals surface area contributed by atoms with Crippen LogP contribution < -0.4 is 4.74 Å². The summed E-state index contributed by atoms with van der Waals surface area (Å²) in [6.07, 6.45) is 17.1. The fraction of sp³-hybridized carbons (Fsp3) is 0.680. The second-order valence-electron chi connectivity index (χ2n) is 8.72. The first-order valence-corrected chi connectivity index (χ1v) is 11.3. The topological polar surface area (TPSA) is 9.23 Å². The van der Waals surface area contributed by atoms with E-state index in [9.17, 15) is 4.39 Å². The van der Waals surface area contributed by atoms with Gasteiger partial charge in [-0.05, 0) is 86.3 Å². The number of ether oxygens (including phenoxy) is 1. The smallest absolute Gasteiger partial charge is 0.165 e. The molecule has 1 nitrogen and oxygen atoms in total. The molecule has 2 atom stereocenters. The highest BCUT2D eigenvalue weighted by Crippen LogP contribution is 2.44. The molecule has 1 aromatic carbocycles. The van der Waals surface area contributed by atoms with E-state index in [2.05, 4.69) is 25.1 Å². The van der Waals surface area contributed by atoms with Crippen molar-refractivity contribution >= 4 is 0 Å². The standard InChI is InChI=1S/C25H37FO/c1-3-16-27-25-15-14-22(18-24(25)26)23(17-20-8-6-5-7-9-20)21-12-10-19(4-2)11-13-21/h5-6,14-15,18-21,23H,3-4,7-13,16-17H2,1-2H3. The minimum Gasteiger partial charge on any atom is -0.491 e. The summed E-state index contributed by atoms with van der Waals surface area (Å²) in [7, 11) is 0. The molecule has 0 aliphatic heterocycles. The summed E-state index contributed by atoms with van der Waals surface area (Å²) in [5.74, 6) is 3.09. The second-order valence-corrected chi connectivity index (χ2v) is 8.72. The maximum Gasteiger partial charge on any atom is 0.165 e. The average molecular weight is 373 g/mol. The van der Waals surface area contributed by atoms with E-state index in [0.29, 0.717) is 24.2 Å². The van der Waals surface area contributed by atoms with Gasteiger partial charge < -0.3 is 4.74 Å². The van der Waals surface area contributed by atoms with Gasteiger partial charge in [-0.2, -0.15) is 0 Å². The molecule has 2 aliphatic carbocycles. The summed E-state index contributed by atoms with van der Waals surface area (Å²) in [5, 5.41) is 0. The van der Waals surface area contributed by atoms with E-state index >= 15 is 0 Å². The van der Waals surface area contributed by atoms with Gasteiger partial charge in [-0.1, -0.05) is 51.3 Å². The molecular weight excluding hydrogens is 335 g/mol. The molecule has 0 heterocycles. The van der Waals surface area contributed by atoms with Crippen molar-refractivity contribution in [3.63, 3.8) is 0 Å². The minimum atomic E-state index is -0.184. The van der Waals surface area contributed by atoms with Crippen molar-refractivity contribution in [1.29, 1.82) is 0 Å². The van der Waals surface area contributed by atoms with Crippen LogP contribution in [0.25, 0.3) is 0 Å². The molecule has 3 rings (SSSR count). The molecule has 1 aromatic rings. The third-order valence-electron chi connectivity index (χ3n) is 6.85. The average Bonchev–Trinajstić information content (AvgIpc) is 2.72. The van der Waals surface area contributed by atoms with Gasteiger partial charge >= 0.3 is 0 Å². The SMILES string of the molecule is CCCOc1ccc(C(CC2CC=CCC2)C2CCC(CC)CC2)cc1F. The first-order valence-electron chi connectivity index (χ1n) is 11.3. The van der Waals surface area contributed by atoms with Crippen molar-refractivity contribution < 1.29 is 9.13 Å². The van der Waals surface area contributed by atoms with Crippen LogP contribution in [0.4, 0.5) is 4.39 Å². The Labute approximate surface area is 165 Å². The van der Waals surface area contributed by atoms with Crippen LogP contribution >= 0.6 is 0 Å². The van der Waals surface area contributed by atoms with Gasteiger partial charge in [0.1, 0.15) is 0 Å². The lowest BCUT2D eigenvalue weighted by Gasteiger charge is -2.36. The maximum atomic E-state index is 14.7. The molecule has 2 aliphatic rings. The number of rotatable bonds is 8. The second kappa shape index (κ2) is 10.3. The zero-order valence-electron chi connectivity index (χ0n) is 17.3. The lowest BCUT2D eigenvalue weighted by Crippen LogP contribution is -2.23. The molecule has 2 heteroatoms. The quantitative estimate of drug-likeness (QED) is 0.426. The van der Waals surface area contributed by atoms with Crippen molar-refractivity contribution in [3.05, 3.63) is 41.7 Å². The maximum absolute atomic E-state index is 14.7. The Kier molecular flexibility index (Phi) is 7.79. The van der Waals surface area contributed by atoms with Crippen LogP contribution in [0.1, 0.15) is 89.5 Å². The molecule has 1 fully saturated rings. The Morgan fingerprint density at radius 2 is 1.85 bits per heavy atom. The van der Waals surface area contributed by atoms with Crippen LogP contribution in [0.2, 0.25) is 0 Å². The van der Waals surface area contributed by atoms with Crippen LogP contribution in [0, 0.1) is 23.6 Å². The number of hydrogen-bond acceptors (Lipinski definition) is 1. The summed E-state index contributed by atoms with van der Waals surface area (Å²) < 4.78 is 20.2. The predicted octanol–water partition coefficient (Wildman–Crippen LogP) is 7.66. The molecule has 0 N–H and O–H groups in total. The zero-order valence-corrected chi connectivity index (χ0v) is 17.3. The van der Waals surface area contributed by atoms with Gasteiger partial charge in [0.05, 0.1) is 6.61 Å². The number of allylic oxidation sites excluding steroid dienone is 2. The molecule has 2 unspecified atom stereocenters. The van der Waals surface area contributed by atoms with E-state index in [1.54, 1.807) is 6.07 Å². The lowest BCUT2D eigenvalue weighted by atomic mass is 9.69. The number of hydrogen-bond donors (Lipinski definition) is 0. The van der Waals surface area contributed by atoms with E-state index in [4.69, 9.17) is 4.74 Å². The summed E-state index contributed by atoms with van der Waals surface area (Å²) in [5.41, 5.74) is 1.20. The number of benzene rings is 1. The highest BCUT2D eigenvalue weighted by atomic mass is 19.1. The van der Waals surface area contributed by atoms with Crippen LogP contribution in [-0.2, 0) is 0 Å². The summed E-state index contributed by atoms with van der Waals surface area (Å²) in [6, 6.07) is 5.79. The van der Waals surface area contributed by atoms with Crippen molar-refractivity contribution in [2.24, 2.45) is 17.8 Å². The van der Waals surface area contributed by atoms with E-state index in [-0.39, 0.29) is 5.82 Å². The van der Waals surface area contributed by atoms with Gasteiger partial charge in [0.2, 0.25) is 0 Å². The van der Waals surface area contributed by atoms with Gasteiger partial charge in [0, 0.05) is 0 Å². The van der Waals surface area contributed by atoms with Crippen molar-refractivity contribution in [3.8, 4) is 5.75 Å². The molecule has 27 heavy (non-hydrogen) atoms. The highest BCUT2D eigenvalue weighted by molar-refractivity contribution is 5.32. The van der Waals surface area contributed by atoms with E-state index in [0.717, 1.165) is 18.3 Å². The van der Waals surface area contributed by atoms with Gasteiger partial charge in [-0.25, -0.2) is 4.39 Å². The van der Waals surface area contributed by atoms with Crippen molar-refractivity contribution in [2.75, 3.05) is 6.61 Å². The van der Waals surface area contributed by atoms with Gasteiger partial charge in [0.15, 0.2) is 11.6 Å². The Hall–Kier alpha value is -1.31. The van der Waals surface area contributed by atoms with Crippen LogP contribution in [0.15, 0.2) is 30.4 Å². The Morgan fingerprint density at radius 3 is 2.48 bits per heavy atom. The normalized spacial score (nSPS) is 26.7. The minimum absolute atomic E-state index is 0.184. The lowest BCUT2D eigenvalue weighted by molar-refractivity contribution is 0.215. The first-order chi connectivity index (χ1) is 13.2. The molecule has 0 spiro atoms. The summed E-state index contributed by atoms with van der Waals surface area (Å²) in [4.78, 5) is 0. The zero-order chi connectivity index (χ0) is 19.1. The van der Waals surface area contributed by atoms with Gasteiger partial charge in [-0.3, -0.25) is 0 Å². The van der Waals surface area contributed by atoms with Crippen molar-refractivity contribution in [1.82, 2.24) is 0 Å². The summed E-state index contributed by atoms with van der Waals surface area (Å²) >= 11 is 0. The largest absolute Gasteiger partial charge is 0.491 e. The van der Waals surface area contributed by atoms with Crippen molar-refractivity contribution in [2.45, 2.75) is 84.0 Å². The first kappa shape index (κ1) is 20.4. The summed E-state index contributed by atoms with van der Waals surface area (Å²) in [6.45, 7) is 4.95. The van der Waals surface area contributed by atoms with Crippen LogP contribution in [0.3, 0.4) is 0 Å². The highest BCUT2D eigenvalue weighted by Gasteiger charge is 2.30. The molecule has 1 saturated carbocycles. The van der Waals surface area contributed by atoms with Gasteiger partial charge in [0.25, 0.3) is 0 Å². The Morgan fingerprint density at radius 1 is 1.04 bits per heavy atom. The van der Waals surface area contributed by atoms with E-state index in [1.807, 2.05) is 13.0 Å². The molecular formula is C25H37FO. The predicted molar refractivity (Wildman–Crippen MR) is 112 cm³/mol. The monoisotopic (exact) mass is 372 g/mol. The molecule has 0 saturated heterocycles. The Balaban J connectivity index is 1.76.